The maximum absolute atomic E-state index is 12.9. The lowest BCUT2D eigenvalue weighted by Gasteiger charge is -2.11. The number of aliphatic carboxylic acids is 1. The van der Waals surface area contributed by atoms with E-state index in [9.17, 15) is 18.0 Å². The summed E-state index contributed by atoms with van der Waals surface area (Å²) in [6, 6.07) is 14.7. The average Bonchev–Trinajstić information content (AvgIpc) is 3.16. The number of carbonyl (C=O) groups is 1. The van der Waals surface area contributed by atoms with Gasteiger partial charge in [0, 0.05) is 20.4 Å². The first kappa shape index (κ1) is 23.9. The van der Waals surface area contributed by atoms with E-state index in [4.69, 9.17) is 9.84 Å². The summed E-state index contributed by atoms with van der Waals surface area (Å²) in [5.41, 5.74) is 1.78. The third kappa shape index (κ3) is 6.40. The lowest BCUT2D eigenvalue weighted by atomic mass is 10.0. The second-order valence-electron chi connectivity index (χ2n) is 7.02. The monoisotopic (exact) mass is 478 g/mol. The summed E-state index contributed by atoms with van der Waals surface area (Å²) in [4.78, 5) is 13.8. The van der Waals surface area contributed by atoms with Gasteiger partial charge in [-0.15, -0.1) is 23.1 Å². The second-order valence-corrected chi connectivity index (χ2v) is 9.41. The Bertz CT molecular complexity index is 1120. The number of thiophene rings is 1. The number of carboxylic acids is 1. The van der Waals surface area contributed by atoms with Crippen molar-refractivity contribution in [1.29, 1.82) is 0 Å². The van der Waals surface area contributed by atoms with Crippen molar-refractivity contribution in [2.45, 2.75) is 24.9 Å². The molecule has 0 radical (unpaired) electrons. The predicted molar refractivity (Wildman–Crippen MR) is 123 cm³/mol. The largest absolute Gasteiger partial charge is 0.482 e. The zero-order valence-electron chi connectivity index (χ0n) is 17.4. The number of alkyl halides is 3. The van der Waals surface area contributed by atoms with Gasteiger partial charge in [-0.1, -0.05) is 18.2 Å². The quantitative estimate of drug-likeness (QED) is 0.352. The number of benzene rings is 2. The van der Waals surface area contributed by atoms with E-state index >= 15 is 0 Å². The van der Waals surface area contributed by atoms with Gasteiger partial charge in [-0.05, 0) is 73.0 Å². The molecule has 0 saturated carbocycles. The van der Waals surface area contributed by atoms with E-state index in [1.54, 1.807) is 29.2 Å². The molecular formula is C24H21F3O3S2. The molecule has 0 spiro atoms. The number of aryl methyl sites for hydroxylation is 2. The molecule has 0 saturated heterocycles. The summed E-state index contributed by atoms with van der Waals surface area (Å²) in [6.45, 7) is 3.44. The number of thioether (sulfide) groups is 1. The lowest BCUT2D eigenvalue weighted by molar-refractivity contribution is -0.139. The van der Waals surface area contributed by atoms with Crippen molar-refractivity contribution in [1.82, 2.24) is 0 Å². The van der Waals surface area contributed by atoms with E-state index in [2.05, 4.69) is 0 Å². The van der Waals surface area contributed by atoms with Crippen LogP contribution in [0.1, 0.15) is 26.4 Å². The SMILES string of the molecule is Cc1ccc(/C(=C/CSc2ccc(OCC(=O)O)c(C)c2)c2ccc(C(F)(F)F)cc2)s1. The van der Waals surface area contributed by atoms with Crippen molar-refractivity contribution in [3.05, 3.63) is 87.1 Å². The minimum Gasteiger partial charge on any atom is -0.482 e. The minimum atomic E-state index is -4.37. The lowest BCUT2D eigenvalue weighted by Crippen LogP contribution is -2.09. The Morgan fingerprint density at radius 2 is 1.81 bits per heavy atom. The van der Waals surface area contributed by atoms with Gasteiger partial charge in [0.2, 0.25) is 0 Å². The standard InChI is InChI=1S/C24H21F3O3S2/c1-15-13-19(8-9-21(15)30-14-23(28)29)31-12-11-20(22-10-3-16(2)32-22)17-4-6-18(7-5-17)24(25,26)27/h3-11,13H,12,14H2,1-2H3,(H,28,29)/b20-11+. The number of carboxylic acid groups (broad SMARTS) is 1. The molecule has 0 aliphatic rings. The molecule has 0 aliphatic heterocycles. The maximum atomic E-state index is 12.9. The van der Waals surface area contributed by atoms with Crippen molar-refractivity contribution in [2.75, 3.05) is 12.4 Å². The third-order valence-corrected chi connectivity index (χ3v) is 6.52. The molecule has 0 amide bonds. The Labute approximate surface area is 192 Å². The third-order valence-electron chi connectivity index (χ3n) is 4.56. The molecular weight excluding hydrogens is 457 g/mol. The highest BCUT2D eigenvalue weighted by molar-refractivity contribution is 7.99. The summed E-state index contributed by atoms with van der Waals surface area (Å²) in [5.74, 6) is 0.0987. The van der Waals surface area contributed by atoms with Gasteiger partial charge in [0.15, 0.2) is 6.61 Å². The highest BCUT2D eigenvalue weighted by atomic mass is 32.2. The van der Waals surface area contributed by atoms with E-state index in [0.717, 1.165) is 43.5 Å². The highest BCUT2D eigenvalue weighted by Crippen LogP contribution is 2.34. The number of hydrogen-bond donors (Lipinski definition) is 1. The molecule has 32 heavy (non-hydrogen) atoms. The van der Waals surface area contributed by atoms with Gasteiger partial charge in [-0.25, -0.2) is 4.79 Å². The molecule has 3 nitrogen and oxygen atoms in total. The molecule has 0 bridgehead atoms. The van der Waals surface area contributed by atoms with E-state index < -0.39 is 24.3 Å². The highest BCUT2D eigenvalue weighted by Gasteiger charge is 2.30. The topological polar surface area (TPSA) is 46.5 Å². The van der Waals surface area contributed by atoms with Crippen molar-refractivity contribution in [3.63, 3.8) is 0 Å². The van der Waals surface area contributed by atoms with E-state index in [-0.39, 0.29) is 0 Å². The van der Waals surface area contributed by atoms with Gasteiger partial charge in [-0.3, -0.25) is 0 Å². The van der Waals surface area contributed by atoms with Crippen molar-refractivity contribution < 1.29 is 27.8 Å². The predicted octanol–water partition coefficient (Wildman–Crippen LogP) is 7.07. The van der Waals surface area contributed by atoms with Crippen LogP contribution in [0.2, 0.25) is 0 Å². The first-order chi connectivity index (χ1) is 15.1. The number of ether oxygens (including phenoxy) is 1. The van der Waals surface area contributed by atoms with Gasteiger partial charge in [0.1, 0.15) is 5.75 Å². The molecule has 168 valence electrons. The molecule has 1 aromatic heterocycles. The fraction of sp³-hybridized carbons (Fsp3) is 0.208. The molecule has 1 N–H and O–H groups in total. The Balaban J connectivity index is 1.78. The van der Waals surface area contributed by atoms with Crippen LogP contribution in [0.4, 0.5) is 13.2 Å². The van der Waals surface area contributed by atoms with Crippen LogP contribution in [0.5, 0.6) is 5.75 Å². The molecule has 0 atom stereocenters. The van der Waals surface area contributed by atoms with Gasteiger partial charge >= 0.3 is 12.1 Å². The van der Waals surface area contributed by atoms with Gasteiger partial charge < -0.3 is 9.84 Å². The van der Waals surface area contributed by atoms with Crippen LogP contribution < -0.4 is 4.74 Å². The van der Waals surface area contributed by atoms with Crippen LogP contribution >= 0.6 is 23.1 Å². The zero-order chi connectivity index (χ0) is 23.3. The minimum absolute atomic E-state index is 0.396. The Hall–Kier alpha value is -2.71. The van der Waals surface area contributed by atoms with Crippen LogP contribution in [-0.4, -0.2) is 23.4 Å². The van der Waals surface area contributed by atoms with Crippen LogP contribution in [0.25, 0.3) is 5.57 Å². The molecule has 0 aliphatic carbocycles. The van der Waals surface area contributed by atoms with Crippen LogP contribution in [0, 0.1) is 13.8 Å². The van der Waals surface area contributed by atoms with Crippen LogP contribution in [0.3, 0.4) is 0 Å². The zero-order valence-corrected chi connectivity index (χ0v) is 19.0. The Morgan fingerprint density at radius 1 is 1.09 bits per heavy atom. The fourth-order valence-electron chi connectivity index (χ4n) is 3.01. The van der Waals surface area contributed by atoms with Gasteiger partial charge in [0.25, 0.3) is 0 Å². The summed E-state index contributed by atoms with van der Waals surface area (Å²) in [5, 5.41) is 8.74. The van der Waals surface area contributed by atoms with E-state index in [1.165, 1.54) is 12.1 Å². The van der Waals surface area contributed by atoms with Crippen LogP contribution in [0.15, 0.2) is 65.6 Å². The first-order valence-electron chi connectivity index (χ1n) is 9.66. The molecule has 3 rings (SSSR count). The maximum Gasteiger partial charge on any atom is 0.416 e. The number of hydrogen-bond acceptors (Lipinski definition) is 4. The molecule has 0 unspecified atom stereocenters. The molecule has 0 fully saturated rings. The summed E-state index contributed by atoms with van der Waals surface area (Å²) >= 11 is 3.17. The molecule has 8 heteroatoms. The summed E-state index contributed by atoms with van der Waals surface area (Å²) < 4.78 is 44.0. The summed E-state index contributed by atoms with van der Waals surface area (Å²) in [6.07, 6.45) is -2.35. The molecule has 3 aromatic rings. The smallest absolute Gasteiger partial charge is 0.416 e. The molecule has 1 heterocycles. The van der Waals surface area contributed by atoms with Gasteiger partial charge in [0.05, 0.1) is 5.56 Å². The first-order valence-corrected chi connectivity index (χ1v) is 11.5. The van der Waals surface area contributed by atoms with Crippen molar-refractivity contribution in [2.24, 2.45) is 0 Å². The Kier molecular flexibility index (Phi) is 7.69. The molecule has 2 aromatic carbocycles. The number of rotatable bonds is 8. The fourth-order valence-corrected chi connectivity index (χ4v) is 4.81. The second kappa shape index (κ2) is 10.3. The van der Waals surface area contributed by atoms with Crippen LogP contribution in [-0.2, 0) is 11.0 Å². The van der Waals surface area contributed by atoms with Crippen molar-refractivity contribution in [3.8, 4) is 5.75 Å². The Morgan fingerprint density at radius 3 is 2.38 bits per heavy atom. The summed E-state index contributed by atoms with van der Waals surface area (Å²) in [7, 11) is 0. The normalized spacial score (nSPS) is 12.1. The van der Waals surface area contributed by atoms with Crippen molar-refractivity contribution >= 4 is 34.6 Å². The number of halogens is 3. The van der Waals surface area contributed by atoms with E-state index in [0.29, 0.717) is 11.5 Å². The van der Waals surface area contributed by atoms with Gasteiger partial charge in [-0.2, -0.15) is 13.2 Å². The average molecular weight is 479 g/mol. The van der Waals surface area contributed by atoms with E-state index in [1.807, 2.05) is 44.2 Å².